The Morgan fingerprint density at radius 3 is 1.73 bits per heavy atom. The minimum absolute atomic E-state index is 0.316. The Labute approximate surface area is 355 Å². The summed E-state index contributed by atoms with van der Waals surface area (Å²) in [4.78, 5) is 16.4. The average Bonchev–Trinajstić information content (AvgIpc) is 3.56. The van der Waals surface area contributed by atoms with Crippen molar-refractivity contribution in [3.8, 4) is 0 Å². The lowest BCUT2D eigenvalue weighted by molar-refractivity contribution is -0.304. The van der Waals surface area contributed by atoms with Crippen LogP contribution in [0.15, 0.2) is 4.79 Å². The summed E-state index contributed by atoms with van der Waals surface area (Å²) in [5.41, 5.74) is -0.0155. The summed E-state index contributed by atoms with van der Waals surface area (Å²) < 4.78 is 13.6. The minimum Gasteiger partial charge on any atom is -0.394 e. The van der Waals surface area contributed by atoms with Gasteiger partial charge in [0.2, 0.25) is 0 Å². The molecule has 3 saturated carbocycles. The van der Waals surface area contributed by atoms with Crippen molar-refractivity contribution in [1.82, 2.24) is 24.7 Å². The highest BCUT2D eigenvalue weighted by molar-refractivity contribution is 5.14. The molecule has 0 spiro atoms. The van der Waals surface area contributed by atoms with Crippen LogP contribution in [0.3, 0.4) is 0 Å². The summed E-state index contributed by atoms with van der Waals surface area (Å²) in [7, 11) is 0. The van der Waals surface area contributed by atoms with Crippen LogP contribution in [0, 0.1) is 5.92 Å². The fourth-order valence-electron chi connectivity index (χ4n) is 9.55. The van der Waals surface area contributed by atoms with Crippen LogP contribution < -0.4 is 5.69 Å². The molecule has 2 bridgehead atoms. The van der Waals surface area contributed by atoms with Gasteiger partial charge in [-0.25, -0.2) is 4.79 Å². The van der Waals surface area contributed by atoms with E-state index in [0.717, 1.165) is 55.5 Å². The lowest BCUT2D eigenvalue weighted by Gasteiger charge is -2.67. The monoisotopic (exact) mass is 840 g/mol. The van der Waals surface area contributed by atoms with Crippen molar-refractivity contribution in [3.05, 3.63) is 10.5 Å². The number of hydrogen-bond donors (Lipinski definition) is 6. The van der Waals surface area contributed by atoms with E-state index in [1.54, 1.807) is 0 Å². The molecule has 5 unspecified atom stereocenters. The van der Waals surface area contributed by atoms with Crippen molar-refractivity contribution in [2.24, 2.45) is 5.92 Å². The molecule has 5 rings (SSSR count). The molecule has 14 heteroatoms. The quantitative estimate of drug-likeness (QED) is 0.0447. The number of aliphatic hydroxyl groups is 6. The van der Waals surface area contributed by atoms with E-state index in [2.05, 4.69) is 29.2 Å². The van der Waals surface area contributed by atoms with Crippen molar-refractivity contribution >= 4 is 0 Å². The summed E-state index contributed by atoms with van der Waals surface area (Å²) >= 11 is 0. The normalized spacial score (nSPS) is 26.8. The van der Waals surface area contributed by atoms with Gasteiger partial charge in [-0.2, -0.15) is 9.36 Å². The Bertz CT molecular complexity index is 1280. The molecule has 1 aromatic rings. The SMILES string of the molecule is CCCCCCCCCCCCCC[C@@H](O)[C@@H](O)[C@H](COC1OC(CO)C(O)C(O)C1O)n1nnn(CCCCCCCCN(CCCCCCC)C23CC(C2)C3)c1=O. The van der Waals surface area contributed by atoms with E-state index < -0.39 is 67.9 Å². The maximum absolute atomic E-state index is 13.6. The fourth-order valence-corrected chi connectivity index (χ4v) is 9.55. The molecule has 1 aromatic heterocycles. The first kappa shape index (κ1) is 50.2. The topological polar surface area (TPSA) is 196 Å². The highest BCUT2D eigenvalue weighted by Crippen LogP contribution is 2.60. The fraction of sp³-hybridized carbons (Fsp3) is 0.978. The average molecular weight is 840 g/mol. The van der Waals surface area contributed by atoms with Crippen LogP contribution in [-0.4, -0.2) is 130 Å². The summed E-state index contributed by atoms with van der Waals surface area (Å²) in [5, 5.41) is 71.3. The number of rotatable bonds is 36. The Balaban J connectivity index is 1.21. The third kappa shape index (κ3) is 15.7. The molecule has 0 aromatic carbocycles. The Morgan fingerprint density at radius 1 is 0.712 bits per heavy atom. The molecule has 0 radical (unpaired) electrons. The number of unbranched alkanes of at least 4 members (excludes halogenated alkanes) is 20. The molecular weight excluding hydrogens is 755 g/mol. The Hall–Kier alpha value is -1.49. The van der Waals surface area contributed by atoms with Gasteiger partial charge in [0.1, 0.15) is 36.6 Å². The summed E-state index contributed by atoms with van der Waals surface area (Å²) in [6.07, 6.45) is 21.5. The van der Waals surface area contributed by atoms with Crippen LogP contribution in [0.25, 0.3) is 0 Å². The number of aliphatic hydroxyl groups excluding tert-OH is 6. The predicted molar refractivity (Wildman–Crippen MR) is 229 cm³/mol. The van der Waals surface area contributed by atoms with Crippen LogP contribution in [0.4, 0.5) is 0 Å². The van der Waals surface area contributed by atoms with Crippen molar-refractivity contribution in [2.75, 3.05) is 26.3 Å². The zero-order valence-electron chi connectivity index (χ0n) is 37.0. The molecule has 0 amide bonds. The lowest BCUT2D eigenvalue weighted by Crippen LogP contribution is -2.68. The van der Waals surface area contributed by atoms with Gasteiger partial charge in [0.15, 0.2) is 6.29 Å². The van der Waals surface area contributed by atoms with E-state index in [1.807, 2.05) is 0 Å². The molecule has 59 heavy (non-hydrogen) atoms. The van der Waals surface area contributed by atoms with Crippen LogP contribution >= 0.6 is 0 Å². The van der Waals surface area contributed by atoms with Gasteiger partial charge in [-0.05, 0) is 74.4 Å². The maximum Gasteiger partial charge on any atom is 0.364 e. The number of aromatic nitrogens is 4. The number of nitrogens with zero attached hydrogens (tertiary/aromatic N) is 5. The molecule has 344 valence electrons. The van der Waals surface area contributed by atoms with Crippen LogP contribution in [0.5, 0.6) is 0 Å². The summed E-state index contributed by atoms with van der Waals surface area (Å²) in [5.74, 6) is 0.994. The van der Waals surface area contributed by atoms with Crippen molar-refractivity contribution in [3.63, 3.8) is 0 Å². The second-order valence-electron chi connectivity index (χ2n) is 18.5. The largest absolute Gasteiger partial charge is 0.394 e. The molecule has 1 aliphatic heterocycles. The molecule has 2 heterocycles. The van der Waals surface area contributed by atoms with Gasteiger partial charge in [-0.15, -0.1) is 0 Å². The molecule has 6 N–H and O–H groups in total. The third-order valence-electron chi connectivity index (χ3n) is 13.7. The van der Waals surface area contributed by atoms with E-state index in [-0.39, 0.29) is 0 Å². The van der Waals surface area contributed by atoms with Gasteiger partial charge in [-0.3, -0.25) is 4.90 Å². The third-order valence-corrected chi connectivity index (χ3v) is 13.7. The van der Waals surface area contributed by atoms with Gasteiger partial charge in [0, 0.05) is 12.1 Å². The molecule has 3 aliphatic carbocycles. The Kier molecular flexibility index (Phi) is 23.4. The number of hydrogen-bond acceptors (Lipinski definition) is 12. The number of aryl methyl sites for hydroxylation is 1. The molecular formula is C45H85N5O9. The van der Waals surface area contributed by atoms with Crippen molar-refractivity contribution in [2.45, 2.75) is 248 Å². The number of tetrazole rings is 1. The lowest BCUT2D eigenvalue weighted by atomic mass is 9.49. The molecule has 1 saturated heterocycles. The van der Waals surface area contributed by atoms with E-state index in [0.29, 0.717) is 24.9 Å². The maximum atomic E-state index is 13.6. The number of ether oxygens (including phenoxy) is 2. The van der Waals surface area contributed by atoms with Crippen LogP contribution in [0.2, 0.25) is 0 Å². The van der Waals surface area contributed by atoms with Gasteiger partial charge >= 0.3 is 5.69 Å². The first-order chi connectivity index (χ1) is 28.7. The zero-order chi connectivity index (χ0) is 42.5. The zero-order valence-corrected chi connectivity index (χ0v) is 37.0. The molecule has 14 nitrogen and oxygen atoms in total. The van der Waals surface area contributed by atoms with E-state index in [1.165, 1.54) is 133 Å². The second kappa shape index (κ2) is 27.5. The van der Waals surface area contributed by atoms with E-state index in [4.69, 9.17) is 9.47 Å². The van der Waals surface area contributed by atoms with Gasteiger partial charge < -0.3 is 40.1 Å². The predicted octanol–water partition coefficient (Wildman–Crippen LogP) is 5.78. The first-order valence-electron chi connectivity index (χ1n) is 24.2. The molecule has 4 aliphatic rings. The smallest absolute Gasteiger partial charge is 0.364 e. The highest BCUT2D eigenvalue weighted by Gasteiger charge is 2.59. The Morgan fingerprint density at radius 2 is 1.22 bits per heavy atom. The summed E-state index contributed by atoms with van der Waals surface area (Å²) in [6.45, 7) is 6.29. The van der Waals surface area contributed by atoms with Crippen LogP contribution in [0.1, 0.15) is 193 Å². The first-order valence-corrected chi connectivity index (χ1v) is 24.2. The molecule has 8 atom stereocenters. The van der Waals surface area contributed by atoms with E-state index >= 15 is 0 Å². The standard InChI is InChI=1S/C45H85N5O9/c1-3-5-7-9-10-11-12-13-14-15-18-22-26-37(52)39(53)36(34-58-43-42(56)41(55)40(54)38(33-51)59-43)50-44(57)49(46-47-50)29-25-21-17-16-20-24-28-48(27-23-19-8-6-4-2)45-30-35(31-45)32-45/h35-43,51-56H,3-34H2,1-2H3/t35?,36-,37+,38?,39-,40?,41?,42?,43?,45?/m0/s1. The van der Waals surface area contributed by atoms with Gasteiger partial charge in [0.05, 0.1) is 19.3 Å². The van der Waals surface area contributed by atoms with E-state index in [9.17, 15) is 35.4 Å². The minimum atomic E-state index is -1.66. The highest BCUT2D eigenvalue weighted by atomic mass is 16.7. The van der Waals surface area contributed by atoms with Gasteiger partial charge in [0.25, 0.3) is 0 Å². The van der Waals surface area contributed by atoms with Crippen LogP contribution in [-0.2, 0) is 16.0 Å². The molecule has 4 fully saturated rings. The van der Waals surface area contributed by atoms with Crippen molar-refractivity contribution in [1.29, 1.82) is 0 Å². The summed E-state index contributed by atoms with van der Waals surface area (Å²) in [6, 6.07) is -1.18. The second-order valence-corrected chi connectivity index (χ2v) is 18.5. The van der Waals surface area contributed by atoms with Gasteiger partial charge in [-0.1, -0.05) is 142 Å². The van der Waals surface area contributed by atoms with Crippen molar-refractivity contribution < 1.29 is 40.1 Å².